The summed E-state index contributed by atoms with van der Waals surface area (Å²) in [6.07, 6.45) is 5.28. The molecule has 31 heavy (non-hydrogen) atoms. The van der Waals surface area contributed by atoms with Crippen molar-refractivity contribution in [3.05, 3.63) is 60.4 Å². The van der Waals surface area contributed by atoms with Crippen LogP contribution in [0.15, 0.2) is 54.9 Å². The maximum atomic E-state index is 13.0. The molecule has 0 N–H and O–H groups in total. The van der Waals surface area contributed by atoms with E-state index in [0.717, 1.165) is 87.0 Å². The molecule has 1 aromatic heterocycles. The Morgan fingerprint density at radius 3 is 2.48 bits per heavy atom. The highest BCUT2D eigenvalue weighted by Gasteiger charge is 2.24. The summed E-state index contributed by atoms with van der Waals surface area (Å²) in [4.78, 5) is 22.0. The van der Waals surface area contributed by atoms with Crippen LogP contribution in [0.25, 0.3) is 16.7 Å². The summed E-state index contributed by atoms with van der Waals surface area (Å²) in [5.41, 5.74) is 3.83. The monoisotopic (exact) mass is 418 g/mol. The number of piperidine rings is 1. The highest BCUT2D eigenvalue weighted by molar-refractivity contribution is 5.94. The number of nitrogens with zero attached hydrogens (tertiary/aromatic N) is 4. The summed E-state index contributed by atoms with van der Waals surface area (Å²) >= 11 is 0. The van der Waals surface area contributed by atoms with E-state index < -0.39 is 0 Å². The zero-order valence-corrected chi connectivity index (χ0v) is 17.9. The lowest BCUT2D eigenvalue weighted by Gasteiger charge is -2.34. The van der Waals surface area contributed by atoms with Gasteiger partial charge in [-0.2, -0.15) is 0 Å². The van der Waals surface area contributed by atoms with Gasteiger partial charge in [0.15, 0.2) is 0 Å². The third-order valence-corrected chi connectivity index (χ3v) is 6.71. The van der Waals surface area contributed by atoms with Crippen molar-refractivity contribution in [1.82, 2.24) is 19.4 Å². The second-order valence-corrected chi connectivity index (χ2v) is 8.63. The van der Waals surface area contributed by atoms with Crippen molar-refractivity contribution in [3.63, 3.8) is 0 Å². The summed E-state index contributed by atoms with van der Waals surface area (Å²) in [5.74, 6) is 0.873. The van der Waals surface area contributed by atoms with Gasteiger partial charge in [0, 0.05) is 37.4 Å². The molecule has 6 heteroatoms. The molecule has 0 aliphatic carbocycles. The van der Waals surface area contributed by atoms with Crippen LogP contribution in [-0.4, -0.2) is 71.2 Å². The minimum atomic E-state index is 0.147. The smallest absolute Gasteiger partial charge is 0.253 e. The third-order valence-electron chi connectivity index (χ3n) is 6.71. The van der Waals surface area contributed by atoms with Gasteiger partial charge in [0.25, 0.3) is 5.91 Å². The van der Waals surface area contributed by atoms with Gasteiger partial charge in [-0.1, -0.05) is 12.1 Å². The lowest BCUT2D eigenvalue weighted by molar-refractivity contribution is 0.0332. The Morgan fingerprint density at radius 1 is 0.968 bits per heavy atom. The average Bonchev–Trinajstić information content (AvgIpc) is 3.28. The first kappa shape index (κ1) is 20.2. The molecule has 6 nitrogen and oxygen atoms in total. The fourth-order valence-corrected chi connectivity index (χ4v) is 4.73. The molecule has 0 unspecified atom stereocenters. The number of para-hydroxylation sites is 2. The lowest BCUT2D eigenvalue weighted by atomic mass is 9.93. The first-order valence-electron chi connectivity index (χ1n) is 11.4. The zero-order valence-electron chi connectivity index (χ0n) is 17.9. The molecule has 0 atom stereocenters. The summed E-state index contributed by atoms with van der Waals surface area (Å²) in [7, 11) is 0. The first-order chi connectivity index (χ1) is 15.3. The fraction of sp³-hybridized carbons (Fsp3) is 0.440. The molecule has 162 valence electrons. The summed E-state index contributed by atoms with van der Waals surface area (Å²) < 4.78 is 7.49. The SMILES string of the molecule is O=C(c1ccc(-n2cnc3ccccc32)cc1)N1CCC(CCN2CCOCC2)CC1. The number of carbonyl (C=O) groups is 1. The first-order valence-corrected chi connectivity index (χ1v) is 11.4. The van der Waals surface area contributed by atoms with Crippen LogP contribution in [0, 0.1) is 5.92 Å². The lowest BCUT2D eigenvalue weighted by Crippen LogP contribution is -2.40. The molecular weight excluding hydrogens is 388 g/mol. The van der Waals surface area contributed by atoms with Gasteiger partial charge in [-0.15, -0.1) is 0 Å². The summed E-state index contributed by atoms with van der Waals surface area (Å²) in [6, 6.07) is 16.0. The Kier molecular flexibility index (Phi) is 6.00. The van der Waals surface area contributed by atoms with Crippen molar-refractivity contribution in [2.45, 2.75) is 19.3 Å². The van der Waals surface area contributed by atoms with Crippen molar-refractivity contribution >= 4 is 16.9 Å². The van der Waals surface area contributed by atoms with Crippen LogP contribution in [0.4, 0.5) is 0 Å². The molecule has 0 spiro atoms. The Hall–Kier alpha value is -2.70. The fourth-order valence-electron chi connectivity index (χ4n) is 4.73. The largest absolute Gasteiger partial charge is 0.379 e. The quantitative estimate of drug-likeness (QED) is 0.635. The number of hydrogen-bond acceptors (Lipinski definition) is 4. The molecule has 0 bridgehead atoms. The number of aromatic nitrogens is 2. The van der Waals surface area contributed by atoms with Crippen molar-refractivity contribution in [2.75, 3.05) is 45.9 Å². The van der Waals surface area contributed by atoms with Crippen molar-refractivity contribution < 1.29 is 9.53 Å². The van der Waals surface area contributed by atoms with Gasteiger partial charge in [-0.3, -0.25) is 14.3 Å². The van der Waals surface area contributed by atoms with Gasteiger partial charge in [0.05, 0.1) is 24.2 Å². The molecular formula is C25H30N4O2. The minimum absolute atomic E-state index is 0.147. The van der Waals surface area contributed by atoms with Crippen LogP contribution < -0.4 is 0 Å². The van der Waals surface area contributed by atoms with Gasteiger partial charge < -0.3 is 9.64 Å². The molecule has 0 saturated carbocycles. The molecule has 2 saturated heterocycles. The number of rotatable bonds is 5. The number of hydrogen-bond donors (Lipinski definition) is 0. The van der Waals surface area contributed by atoms with Crippen LogP contribution in [-0.2, 0) is 4.74 Å². The van der Waals surface area contributed by atoms with Crippen LogP contribution in [0.3, 0.4) is 0 Å². The maximum absolute atomic E-state index is 13.0. The number of morpholine rings is 1. The predicted molar refractivity (Wildman–Crippen MR) is 122 cm³/mol. The number of amides is 1. The van der Waals surface area contributed by atoms with Crippen molar-refractivity contribution in [2.24, 2.45) is 5.92 Å². The van der Waals surface area contributed by atoms with E-state index in [-0.39, 0.29) is 5.91 Å². The molecule has 0 radical (unpaired) electrons. The second-order valence-electron chi connectivity index (χ2n) is 8.63. The topological polar surface area (TPSA) is 50.6 Å². The van der Waals surface area contributed by atoms with Crippen molar-refractivity contribution in [1.29, 1.82) is 0 Å². The van der Waals surface area contributed by atoms with E-state index in [9.17, 15) is 4.79 Å². The molecule has 2 aliphatic rings. The van der Waals surface area contributed by atoms with E-state index >= 15 is 0 Å². The predicted octanol–water partition coefficient (Wildman–Crippen LogP) is 3.60. The Labute approximate surface area is 183 Å². The third kappa shape index (κ3) is 4.50. The highest BCUT2D eigenvalue weighted by atomic mass is 16.5. The van der Waals surface area contributed by atoms with Crippen LogP contribution in [0.5, 0.6) is 0 Å². The van der Waals surface area contributed by atoms with Gasteiger partial charge in [0.1, 0.15) is 6.33 Å². The van der Waals surface area contributed by atoms with Gasteiger partial charge in [0.2, 0.25) is 0 Å². The molecule has 3 aromatic rings. The normalized spacial score (nSPS) is 18.5. The standard InChI is InChI=1S/C25H30N4O2/c30-25(28-13-10-20(11-14-28)9-12-27-15-17-31-18-16-27)21-5-7-22(8-6-21)29-19-26-23-3-1-2-4-24(23)29/h1-8,19-20H,9-18H2. The van der Waals surface area contributed by atoms with Crippen LogP contribution >= 0.6 is 0 Å². The molecule has 5 rings (SSSR count). The van der Waals surface area contributed by atoms with E-state index in [0.29, 0.717) is 0 Å². The van der Waals surface area contributed by atoms with Gasteiger partial charge in [-0.05, 0) is 68.1 Å². The molecule has 2 fully saturated rings. The van der Waals surface area contributed by atoms with E-state index in [1.54, 1.807) is 0 Å². The zero-order chi connectivity index (χ0) is 21.0. The van der Waals surface area contributed by atoms with Crippen molar-refractivity contribution in [3.8, 4) is 5.69 Å². The molecule has 1 amide bonds. The Balaban J connectivity index is 1.16. The number of imidazole rings is 1. The summed E-state index contributed by atoms with van der Waals surface area (Å²) in [5, 5.41) is 0. The summed E-state index contributed by atoms with van der Waals surface area (Å²) in [6.45, 7) is 6.73. The Morgan fingerprint density at radius 2 is 1.71 bits per heavy atom. The minimum Gasteiger partial charge on any atom is -0.379 e. The number of benzene rings is 2. The second kappa shape index (κ2) is 9.20. The maximum Gasteiger partial charge on any atom is 0.253 e. The van der Waals surface area contributed by atoms with E-state index in [1.807, 2.05) is 53.7 Å². The average molecular weight is 419 g/mol. The molecule has 3 heterocycles. The van der Waals surface area contributed by atoms with E-state index in [4.69, 9.17) is 4.74 Å². The number of fused-ring (bicyclic) bond motifs is 1. The van der Waals surface area contributed by atoms with E-state index in [2.05, 4.69) is 20.5 Å². The number of ether oxygens (including phenoxy) is 1. The van der Waals surface area contributed by atoms with E-state index in [1.165, 1.54) is 6.42 Å². The molecule has 2 aromatic carbocycles. The van der Waals surface area contributed by atoms with Crippen LogP contribution in [0.1, 0.15) is 29.6 Å². The van der Waals surface area contributed by atoms with Gasteiger partial charge >= 0.3 is 0 Å². The highest BCUT2D eigenvalue weighted by Crippen LogP contribution is 2.23. The van der Waals surface area contributed by atoms with Gasteiger partial charge in [-0.25, -0.2) is 4.98 Å². The number of likely N-dealkylation sites (tertiary alicyclic amines) is 1. The van der Waals surface area contributed by atoms with Crippen LogP contribution in [0.2, 0.25) is 0 Å². The number of carbonyl (C=O) groups excluding carboxylic acids is 1. The Bertz CT molecular complexity index is 1020. The molecule has 2 aliphatic heterocycles.